The van der Waals surface area contributed by atoms with Crippen molar-refractivity contribution >= 4 is 11.6 Å². The van der Waals surface area contributed by atoms with E-state index in [2.05, 4.69) is 59.3 Å². The average Bonchev–Trinajstić information content (AvgIpc) is 3.25. The summed E-state index contributed by atoms with van der Waals surface area (Å²) in [5.41, 5.74) is 9.05. The third-order valence-corrected chi connectivity index (χ3v) is 13.8. The number of nitrogens with zero attached hydrogens (tertiary/aromatic N) is 2. The summed E-state index contributed by atoms with van der Waals surface area (Å²) >= 11 is 0. The van der Waals surface area contributed by atoms with Crippen molar-refractivity contribution in [2.45, 2.75) is 112 Å². The fraction of sp³-hybridized carbons (Fsp3) is 0.848. The number of amides is 1. The highest BCUT2D eigenvalue weighted by atomic mass is 16.6. The van der Waals surface area contributed by atoms with E-state index in [0.29, 0.717) is 42.6 Å². The van der Waals surface area contributed by atoms with Crippen LogP contribution in [0.3, 0.4) is 0 Å². The number of hydrogen-bond acceptors (Lipinski definition) is 4. The zero-order valence-electron chi connectivity index (χ0n) is 24.9. The molecule has 5 fully saturated rings. The van der Waals surface area contributed by atoms with Gasteiger partial charge in [-0.2, -0.15) is 5.26 Å². The van der Waals surface area contributed by atoms with Gasteiger partial charge in [0.1, 0.15) is 6.61 Å². The minimum Gasteiger partial charge on any atom is -0.395 e. The Bertz CT molecular complexity index is 1070. The first-order chi connectivity index (χ1) is 17.8. The highest BCUT2D eigenvalue weighted by molar-refractivity contribution is 5.90. The van der Waals surface area contributed by atoms with Gasteiger partial charge in [-0.25, -0.2) is 0 Å². The van der Waals surface area contributed by atoms with E-state index < -0.39 is 0 Å². The number of oxime groups is 1. The van der Waals surface area contributed by atoms with Gasteiger partial charge in [0.05, 0.1) is 23.6 Å². The fourth-order valence-electron chi connectivity index (χ4n) is 11.8. The maximum atomic E-state index is 13.1. The van der Waals surface area contributed by atoms with Gasteiger partial charge in [0.15, 0.2) is 0 Å². The Morgan fingerprint density at radius 1 is 1.03 bits per heavy atom. The van der Waals surface area contributed by atoms with Crippen LogP contribution in [0.1, 0.15) is 112 Å². The number of rotatable bonds is 5. The third kappa shape index (κ3) is 3.53. The van der Waals surface area contributed by atoms with Crippen molar-refractivity contribution in [2.24, 2.45) is 67.6 Å². The molecule has 5 heteroatoms. The van der Waals surface area contributed by atoms with Crippen LogP contribution >= 0.6 is 0 Å². The minimum absolute atomic E-state index is 0.0110. The van der Waals surface area contributed by atoms with E-state index in [0.717, 1.165) is 38.5 Å². The first-order valence-electron chi connectivity index (χ1n) is 15.3. The molecule has 5 aliphatic carbocycles. The smallest absolute Gasteiger partial charge is 0.223 e. The summed E-state index contributed by atoms with van der Waals surface area (Å²) in [6, 6.07) is 2.15. The molecule has 0 unspecified atom stereocenters. The molecule has 0 radical (unpaired) electrons. The summed E-state index contributed by atoms with van der Waals surface area (Å²) < 4.78 is 0. The molecule has 2 N–H and O–H groups in total. The number of primary amides is 1. The van der Waals surface area contributed by atoms with Gasteiger partial charge in [0.2, 0.25) is 5.91 Å². The summed E-state index contributed by atoms with van der Waals surface area (Å²) in [4.78, 5) is 18.7. The summed E-state index contributed by atoms with van der Waals surface area (Å²) in [5.74, 6) is 2.51. The highest BCUT2D eigenvalue weighted by Gasteiger charge is 2.71. The van der Waals surface area contributed by atoms with Gasteiger partial charge in [-0.15, -0.1) is 0 Å². The SMILES string of the molecule is C=C(C)[C@@H]1CC[C@]2(C(N)=O)CC[C@]3(C)[C@H](CC[C@@H]4[C@@]5(C)CC/C(=N\OCCC#N)C(C)(C)[C@@H]5CC[C@]43C)[C@@H]12. The number of carbonyl (C=O) groups excluding carboxylic acids is 1. The van der Waals surface area contributed by atoms with Crippen molar-refractivity contribution in [1.82, 2.24) is 0 Å². The molecular formula is C33H51N3O2. The molecular weight excluding hydrogens is 470 g/mol. The molecule has 5 nitrogen and oxygen atoms in total. The molecule has 5 saturated carbocycles. The predicted molar refractivity (Wildman–Crippen MR) is 152 cm³/mol. The summed E-state index contributed by atoms with van der Waals surface area (Å²) in [6.07, 6.45) is 11.5. The van der Waals surface area contributed by atoms with Crippen LogP contribution in [-0.2, 0) is 9.63 Å². The van der Waals surface area contributed by atoms with Gasteiger partial charge < -0.3 is 10.6 Å². The molecule has 0 aromatic carbocycles. The van der Waals surface area contributed by atoms with Crippen molar-refractivity contribution in [1.29, 1.82) is 5.26 Å². The Balaban J connectivity index is 1.48. The lowest BCUT2D eigenvalue weighted by Gasteiger charge is -2.72. The van der Waals surface area contributed by atoms with Crippen LogP contribution in [0, 0.1) is 68.0 Å². The number of nitrogens with two attached hydrogens (primary N) is 1. The number of carbonyl (C=O) groups is 1. The van der Waals surface area contributed by atoms with E-state index in [-0.39, 0.29) is 33.0 Å². The molecule has 0 aliphatic heterocycles. The standard InChI is InChI=1S/C33H51N3O2/c1-21(2)22-11-16-33(28(35)37)18-17-31(6)23(27(22)33)9-10-25-30(5)14-13-26(36-38-20-8-19-34)29(3,4)24(30)12-15-32(25,31)7/h22-25,27H,1,8-18,20H2,2-7H3,(H2,35,37)/b36-26+/t22-,23+,24-,25+,27+,30-,31+,32+,33-/m0/s1. The van der Waals surface area contributed by atoms with E-state index in [1.165, 1.54) is 37.0 Å². The molecule has 0 spiro atoms. The van der Waals surface area contributed by atoms with E-state index in [9.17, 15) is 4.79 Å². The average molecular weight is 522 g/mol. The van der Waals surface area contributed by atoms with Crippen molar-refractivity contribution < 1.29 is 9.63 Å². The first kappa shape index (κ1) is 27.7. The van der Waals surface area contributed by atoms with Crippen molar-refractivity contribution in [3.8, 4) is 6.07 Å². The van der Waals surface area contributed by atoms with Crippen LogP contribution < -0.4 is 5.73 Å². The molecule has 1 amide bonds. The van der Waals surface area contributed by atoms with Crippen LogP contribution in [-0.4, -0.2) is 18.2 Å². The molecule has 210 valence electrons. The zero-order valence-corrected chi connectivity index (χ0v) is 24.9. The van der Waals surface area contributed by atoms with Gasteiger partial charge in [0.25, 0.3) is 0 Å². The van der Waals surface area contributed by atoms with Crippen LogP contribution in [0.4, 0.5) is 0 Å². The minimum atomic E-state index is -0.332. The largest absolute Gasteiger partial charge is 0.395 e. The van der Waals surface area contributed by atoms with Gasteiger partial charge in [-0.1, -0.05) is 51.9 Å². The lowest BCUT2D eigenvalue weighted by molar-refractivity contribution is -0.227. The highest BCUT2D eigenvalue weighted by Crippen LogP contribution is 2.77. The number of nitriles is 1. The molecule has 0 bridgehead atoms. The number of fused-ring (bicyclic) bond motifs is 7. The van der Waals surface area contributed by atoms with Crippen molar-refractivity contribution in [3.63, 3.8) is 0 Å². The topological polar surface area (TPSA) is 88.5 Å². The molecule has 38 heavy (non-hydrogen) atoms. The molecule has 0 saturated heterocycles. The lowest BCUT2D eigenvalue weighted by atomic mass is 9.32. The normalized spacial score (nSPS) is 48.1. The zero-order chi connectivity index (χ0) is 27.7. The Hall–Kier alpha value is -1.83. The Labute approximate surface area is 231 Å². The maximum absolute atomic E-state index is 13.1. The lowest BCUT2D eigenvalue weighted by Crippen LogP contribution is -2.67. The van der Waals surface area contributed by atoms with Crippen molar-refractivity contribution in [2.75, 3.05) is 6.61 Å². The maximum Gasteiger partial charge on any atom is 0.223 e. The monoisotopic (exact) mass is 521 g/mol. The van der Waals surface area contributed by atoms with Gasteiger partial charge in [-0.3, -0.25) is 4.79 Å². The van der Waals surface area contributed by atoms with E-state index in [1.807, 2.05) is 0 Å². The second kappa shape index (κ2) is 9.10. The van der Waals surface area contributed by atoms with Gasteiger partial charge in [0, 0.05) is 5.41 Å². The number of allylic oxidation sites excluding steroid dienone is 1. The van der Waals surface area contributed by atoms with Crippen LogP contribution in [0.2, 0.25) is 0 Å². The Morgan fingerprint density at radius 3 is 2.42 bits per heavy atom. The van der Waals surface area contributed by atoms with Crippen LogP contribution in [0.5, 0.6) is 0 Å². The Morgan fingerprint density at radius 2 is 1.76 bits per heavy atom. The molecule has 0 aromatic rings. The third-order valence-electron chi connectivity index (χ3n) is 13.8. The quantitative estimate of drug-likeness (QED) is 0.232. The molecule has 0 heterocycles. The van der Waals surface area contributed by atoms with Crippen molar-refractivity contribution in [3.05, 3.63) is 12.2 Å². The Kier molecular flexibility index (Phi) is 6.64. The summed E-state index contributed by atoms with van der Waals surface area (Å²) in [7, 11) is 0. The van der Waals surface area contributed by atoms with Gasteiger partial charge in [-0.05, 0) is 117 Å². The second-order valence-corrected chi connectivity index (χ2v) is 15.2. The van der Waals surface area contributed by atoms with Crippen LogP contribution in [0.15, 0.2) is 17.3 Å². The summed E-state index contributed by atoms with van der Waals surface area (Å²) in [6.45, 7) is 19.6. The molecule has 9 atom stereocenters. The second-order valence-electron chi connectivity index (χ2n) is 15.2. The number of hydrogen-bond donors (Lipinski definition) is 1. The van der Waals surface area contributed by atoms with Gasteiger partial charge >= 0.3 is 0 Å². The molecule has 5 aliphatic rings. The first-order valence-corrected chi connectivity index (χ1v) is 15.3. The summed E-state index contributed by atoms with van der Waals surface area (Å²) in [5, 5.41) is 13.5. The van der Waals surface area contributed by atoms with Crippen LogP contribution in [0.25, 0.3) is 0 Å². The van der Waals surface area contributed by atoms with E-state index in [4.69, 9.17) is 15.8 Å². The predicted octanol–water partition coefficient (Wildman–Crippen LogP) is 7.42. The molecule has 0 aromatic heterocycles. The van der Waals surface area contributed by atoms with E-state index >= 15 is 0 Å². The van der Waals surface area contributed by atoms with E-state index in [1.54, 1.807) is 0 Å². The fourth-order valence-corrected chi connectivity index (χ4v) is 11.8. The molecule has 5 rings (SSSR count).